The molecule has 3 aromatic rings. The minimum absolute atomic E-state index is 0.00635. The van der Waals surface area contributed by atoms with Crippen LogP contribution in [0.15, 0.2) is 52.8 Å². The summed E-state index contributed by atoms with van der Waals surface area (Å²) in [5.74, 6) is 1.58. The van der Waals surface area contributed by atoms with Crippen molar-refractivity contribution in [1.82, 2.24) is 9.97 Å². The average Bonchev–Trinajstić information content (AvgIpc) is 2.84. The molecule has 34 heavy (non-hydrogen) atoms. The number of ether oxygens (including phenoxy) is 1. The number of aliphatic hydroxyl groups excluding tert-OH is 1. The lowest BCUT2D eigenvalue weighted by molar-refractivity contribution is -0.114. The number of hydrogen-bond donors (Lipinski definition) is 1. The Kier molecular flexibility index (Phi) is 7.36. The van der Waals surface area contributed by atoms with Crippen molar-refractivity contribution in [2.45, 2.75) is 53.4 Å². The van der Waals surface area contributed by atoms with Gasteiger partial charge >= 0.3 is 0 Å². The summed E-state index contributed by atoms with van der Waals surface area (Å²) in [4.78, 5) is 22.4. The molecule has 0 radical (unpaired) electrons. The van der Waals surface area contributed by atoms with Crippen molar-refractivity contribution in [3.05, 3.63) is 64.0 Å². The fourth-order valence-electron chi connectivity index (χ4n) is 4.54. The van der Waals surface area contributed by atoms with Gasteiger partial charge in [0.25, 0.3) is 0 Å². The molecule has 1 aliphatic carbocycles. The summed E-state index contributed by atoms with van der Waals surface area (Å²) < 4.78 is 6.99. The minimum atomic E-state index is -0.0941. The van der Waals surface area contributed by atoms with Crippen LogP contribution in [0.1, 0.15) is 58.1 Å². The van der Waals surface area contributed by atoms with Gasteiger partial charge < -0.3 is 9.84 Å². The van der Waals surface area contributed by atoms with E-state index in [1.807, 2.05) is 43.3 Å². The lowest BCUT2D eigenvalue weighted by Gasteiger charge is -2.21. The number of halogens is 1. The lowest BCUT2D eigenvalue weighted by Crippen LogP contribution is -2.15. The molecule has 1 unspecified atom stereocenters. The van der Waals surface area contributed by atoms with Crippen LogP contribution in [0.3, 0.4) is 0 Å². The average molecular weight is 523 g/mol. The highest BCUT2D eigenvalue weighted by atomic mass is 79.9. The van der Waals surface area contributed by atoms with E-state index in [9.17, 15) is 9.90 Å². The van der Waals surface area contributed by atoms with E-state index < -0.39 is 0 Å². The quantitative estimate of drug-likeness (QED) is 0.380. The van der Waals surface area contributed by atoms with E-state index in [1.54, 1.807) is 6.20 Å². The number of hydrogen-bond acceptors (Lipinski definition) is 5. The highest BCUT2D eigenvalue weighted by Crippen LogP contribution is 2.37. The van der Waals surface area contributed by atoms with Gasteiger partial charge in [-0.3, -0.25) is 4.79 Å². The number of aromatic nitrogens is 2. The smallest absolute Gasteiger partial charge is 0.238 e. The Hall–Kier alpha value is -2.73. The van der Waals surface area contributed by atoms with Gasteiger partial charge in [-0.2, -0.15) is 0 Å². The molecule has 0 saturated carbocycles. The predicted molar refractivity (Wildman–Crippen MR) is 139 cm³/mol. The Morgan fingerprint density at radius 3 is 2.65 bits per heavy atom. The maximum atomic E-state index is 13.4. The standard InChI is InChI=1S/C28H31BrN2O3/c1-5-19-8-10-21(34-26-15-30-23-11-9-20(29)13-24(23)31-26)14-22(19)27-25(32)12-16(2)6-7-17(3)18(4)28(27)33/h8-11,13-18,33H,5-7,12H2,1-4H3/b28-27+/t16-,17+,18?/m1/s1. The van der Waals surface area contributed by atoms with E-state index in [0.717, 1.165) is 45.9 Å². The first-order valence-corrected chi connectivity index (χ1v) is 12.8. The Balaban J connectivity index is 1.77. The molecular weight excluding hydrogens is 492 g/mol. The Morgan fingerprint density at radius 2 is 1.88 bits per heavy atom. The second kappa shape index (κ2) is 10.3. The molecule has 0 bridgehead atoms. The topological polar surface area (TPSA) is 72.3 Å². The fraction of sp³-hybridized carbons (Fsp3) is 0.393. The highest BCUT2D eigenvalue weighted by Gasteiger charge is 2.29. The van der Waals surface area contributed by atoms with Crippen LogP contribution in [0.2, 0.25) is 0 Å². The normalized spacial score (nSPS) is 23.9. The van der Waals surface area contributed by atoms with Crippen molar-refractivity contribution in [2.75, 3.05) is 0 Å². The molecule has 0 aliphatic heterocycles. The molecule has 6 heteroatoms. The fourth-order valence-corrected chi connectivity index (χ4v) is 4.89. The van der Waals surface area contributed by atoms with Crippen LogP contribution in [0, 0.1) is 17.8 Å². The molecule has 0 saturated heterocycles. The van der Waals surface area contributed by atoms with E-state index in [4.69, 9.17) is 4.74 Å². The number of fused-ring (bicyclic) bond motifs is 1. The van der Waals surface area contributed by atoms with Crippen LogP contribution in [0.5, 0.6) is 11.6 Å². The number of carbonyl (C=O) groups excluding carboxylic acids is 1. The molecule has 1 N–H and O–H groups in total. The van der Waals surface area contributed by atoms with Crippen LogP contribution in [-0.4, -0.2) is 20.9 Å². The van der Waals surface area contributed by atoms with Gasteiger partial charge in [0.1, 0.15) is 11.5 Å². The van der Waals surface area contributed by atoms with Crippen LogP contribution < -0.4 is 4.74 Å². The molecule has 2 aromatic carbocycles. The van der Waals surface area contributed by atoms with Crippen LogP contribution in [0.25, 0.3) is 16.6 Å². The first-order valence-electron chi connectivity index (χ1n) is 12.0. The van der Waals surface area contributed by atoms with E-state index in [-0.39, 0.29) is 23.4 Å². The van der Waals surface area contributed by atoms with Crippen LogP contribution in [-0.2, 0) is 11.2 Å². The number of aryl methyl sites for hydroxylation is 1. The Morgan fingerprint density at radius 1 is 1.09 bits per heavy atom. The summed E-state index contributed by atoms with van der Waals surface area (Å²) in [7, 11) is 0. The molecule has 178 valence electrons. The van der Waals surface area contributed by atoms with Crippen molar-refractivity contribution in [2.24, 2.45) is 17.8 Å². The highest BCUT2D eigenvalue weighted by molar-refractivity contribution is 9.10. The molecule has 1 aliphatic rings. The molecule has 3 atom stereocenters. The molecular formula is C28H31BrN2O3. The number of Topliss-reactive ketones (excluding diaryl/α,β-unsaturated/α-hetero) is 1. The van der Waals surface area contributed by atoms with Gasteiger partial charge in [-0.1, -0.05) is 49.7 Å². The molecule has 5 nitrogen and oxygen atoms in total. The van der Waals surface area contributed by atoms with E-state index >= 15 is 0 Å². The molecule has 1 aromatic heterocycles. The zero-order valence-corrected chi connectivity index (χ0v) is 21.7. The summed E-state index contributed by atoms with van der Waals surface area (Å²) in [6.45, 7) is 8.33. The van der Waals surface area contributed by atoms with Crippen LogP contribution >= 0.6 is 15.9 Å². The number of ketones is 1. The van der Waals surface area contributed by atoms with Crippen molar-refractivity contribution in [3.8, 4) is 11.6 Å². The maximum Gasteiger partial charge on any atom is 0.238 e. The third-order valence-corrected chi connectivity index (χ3v) is 7.40. The van der Waals surface area contributed by atoms with Crippen molar-refractivity contribution in [3.63, 3.8) is 0 Å². The monoisotopic (exact) mass is 522 g/mol. The lowest BCUT2D eigenvalue weighted by atomic mass is 9.85. The minimum Gasteiger partial charge on any atom is -0.511 e. The molecule has 0 amide bonds. The summed E-state index contributed by atoms with van der Waals surface area (Å²) >= 11 is 3.47. The van der Waals surface area contributed by atoms with Gasteiger partial charge in [0.15, 0.2) is 5.78 Å². The van der Waals surface area contributed by atoms with Crippen molar-refractivity contribution >= 4 is 38.3 Å². The summed E-state index contributed by atoms with van der Waals surface area (Å²) in [5, 5.41) is 11.3. The number of allylic oxidation sites excluding steroid dienone is 2. The summed E-state index contributed by atoms with van der Waals surface area (Å²) in [6.07, 6.45) is 4.74. The number of benzene rings is 2. The zero-order valence-electron chi connectivity index (χ0n) is 20.1. The van der Waals surface area contributed by atoms with Gasteiger partial charge in [-0.05, 0) is 72.6 Å². The second-order valence-electron chi connectivity index (χ2n) is 9.45. The van der Waals surface area contributed by atoms with Gasteiger partial charge in [-0.25, -0.2) is 9.97 Å². The SMILES string of the molecule is CCc1ccc(Oc2cnc3ccc(Br)cc3n2)cc1/C1=C(\O)C(C)[C@@H](C)CC[C@@H](C)CC1=O. The maximum absolute atomic E-state index is 13.4. The van der Waals surface area contributed by atoms with Gasteiger partial charge in [-0.15, -0.1) is 0 Å². The number of carbonyl (C=O) groups is 1. The molecule has 4 rings (SSSR count). The van der Waals surface area contributed by atoms with E-state index in [2.05, 4.69) is 46.7 Å². The summed E-state index contributed by atoms with van der Waals surface area (Å²) in [5.41, 5.74) is 3.68. The first kappa shape index (κ1) is 24.4. The van der Waals surface area contributed by atoms with Gasteiger partial charge in [0.05, 0.1) is 22.8 Å². The van der Waals surface area contributed by atoms with Crippen molar-refractivity contribution in [1.29, 1.82) is 0 Å². The third-order valence-electron chi connectivity index (χ3n) is 6.90. The van der Waals surface area contributed by atoms with E-state index in [0.29, 0.717) is 29.5 Å². The number of rotatable bonds is 4. The molecule has 0 spiro atoms. The van der Waals surface area contributed by atoms with Gasteiger partial charge in [0.2, 0.25) is 5.88 Å². The molecule has 0 fully saturated rings. The molecule has 1 heterocycles. The van der Waals surface area contributed by atoms with Crippen molar-refractivity contribution < 1.29 is 14.6 Å². The number of nitrogens with zero attached hydrogens (tertiary/aromatic N) is 2. The first-order chi connectivity index (χ1) is 16.3. The Bertz CT molecular complexity index is 1250. The van der Waals surface area contributed by atoms with Gasteiger partial charge in [0, 0.05) is 16.8 Å². The zero-order chi connectivity index (χ0) is 24.4. The third kappa shape index (κ3) is 5.17. The number of aliphatic hydroxyl groups is 1. The largest absolute Gasteiger partial charge is 0.511 e. The van der Waals surface area contributed by atoms with E-state index in [1.165, 1.54) is 0 Å². The predicted octanol–water partition coefficient (Wildman–Crippen LogP) is 7.68. The Labute approximate surface area is 209 Å². The summed E-state index contributed by atoms with van der Waals surface area (Å²) in [6, 6.07) is 11.4. The van der Waals surface area contributed by atoms with Crippen LogP contribution in [0.4, 0.5) is 0 Å². The second-order valence-corrected chi connectivity index (χ2v) is 10.4.